The molecule has 6 nitrogen and oxygen atoms in total. The van der Waals surface area contributed by atoms with E-state index in [0.29, 0.717) is 31.1 Å². The molecule has 1 saturated heterocycles. The zero-order valence-electron chi connectivity index (χ0n) is 14.8. The van der Waals surface area contributed by atoms with Crippen LogP contribution in [0.2, 0.25) is 0 Å². The SMILES string of the molecule is O=S(=O)(c1ccc(-c2cccnc2)cc1)N1CCN(c2ccccn2)CC1. The Morgan fingerprint density at radius 3 is 2.19 bits per heavy atom. The lowest BCUT2D eigenvalue weighted by Crippen LogP contribution is -2.48. The van der Waals surface area contributed by atoms with Gasteiger partial charge in [-0.2, -0.15) is 4.31 Å². The zero-order valence-corrected chi connectivity index (χ0v) is 15.6. The van der Waals surface area contributed by atoms with Crippen LogP contribution in [-0.4, -0.2) is 48.9 Å². The Bertz CT molecular complexity index is 985. The number of anilines is 1. The second-order valence-corrected chi connectivity index (χ2v) is 8.28. The third-order valence-corrected chi connectivity index (χ3v) is 6.61. The second-order valence-electron chi connectivity index (χ2n) is 6.35. The number of hydrogen-bond acceptors (Lipinski definition) is 5. The number of hydrogen-bond donors (Lipinski definition) is 0. The average molecular weight is 380 g/mol. The van der Waals surface area contributed by atoms with Crippen molar-refractivity contribution in [2.45, 2.75) is 4.90 Å². The van der Waals surface area contributed by atoms with Crippen LogP contribution in [0.15, 0.2) is 78.1 Å². The topological polar surface area (TPSA) is 66.4 Å². The molecule has 138 valence electrons. The van der Waals surface area contributed by atoms with Crippen LogP contribution in [0.25, 0.3) is 11.1 Å². The van der Waals surface area contributed by atoms with Crippen LogP contribution in [0.1, 0.15) is 0 Å². The maximum Gasteiger partial charge on any atom is 0.243 e. The molecule has 1 fully saturated rings. The molecular weight excluding hydrogens is 360 g/mol. The molecule has 0 radical (unpaired) electrons. The molecule has 0 atom stereocenters. The lowest BCUT2D eigenvalue weighted by Gasteiger charge is -2.34. The predicted molar refractivity (Wildman–Crippen MR) is 105 cm³/mol. The van der Waals surface area contributed by atoms with Gasteiger partial charge in [-0.15, -0.1) is 0 Å². The number of pyridine rings is 2. The van der Waals surface area contributed by atoms with Crippen molar-refractivity contribution < 1.29 is 8.42 Å². The van der Waals surface area contributed by atoms with Crippen molar-refractivity contribution in [3.8, 4) is 11.1 Å². The summed E-state index contributed by atoms with van der Waals surface area (Å²) in [6.45, 7) is 2.15. The highest BCUT2D eigenvalue weighted by Gasteiger charge is 2.28. The van der Waals surface area contributed by atoms with Crippen molar-refractivity contribution >= 4 is 15.8 Å². The normalized spacial score (nSPS) is 15.6. The molecule has 0 bridgehead atoms. The summed E-state index contributed by atoms with van der Waals surface area (Å²) in [5.74, 6) is 0.885. The van der Waals surface area contributed by atoms with Crippen LogP contribution < -0.4 is 4.90 Å². The van der Waals surface area contributed by atoms with E-state index < -0.39 is 10.0 Å². The fourth-order valence-corrected chi connectivity index (χ4v) is 4.62. The molecular formula is C20H20N4O2S. The first-order valence-electron chi connectivity index (χ1n) is 8.81. The molecule has 0 saturated carbocycles. The molecule has 3 aromatic rings. The molecule has 0 aliphatic carbocycles. The molecule has 0 N–H and O–H groups in total. The number of sulfonamides is 1. The first-order chi connectivity index (χ1) is 13.1. The summed E-state index contributed by atoms with van der Waals surface area (Å²) in [7, 11) is -3.50. The molecule has 1 aliphatic heterocycles. The van der Waals surface area contributed by atoms with Crippen LogP contribution in [0, 0.1) is 0 Å². The third-order valence-electron chi connectivity index (χ3n) is 4.70. The van der Waals surface area contributed by atoms with Gasteiger partial charge in [0, 0.05) is 44.8 Å². The number of benzene rings is 1. The largest absolute Gasteiger partial charge is 0.354 e. The standard InChI is InChI=1S/C20H20N4O2S/c25-27(26,19-8-6-17(7-9-19)18-4-3-10-21-16-18)24-14-12-23(13-15-24)20-5-1-2-11-22-20/h1-11,16H,12-15H2. The minimum atomic E-state index is -3.50. The molecule has 4 rings (SSSR count). The smallest absolute Gasteiger partial charge is 0.243 e. The van der Waals surface area contributed by atoms with Crippen LogP contribution in [0.4, 0.5) is 5.82 Å². The first kappa shape index (κ1) is 17.6. The van der Waals surface area contributed by atoms with Crippen LogP contribution >= 0.6 is 0 Å². The molecule has 7 heteroatoms. The van der Waals surface area contributed by atoms with Gasteiger partial charge in [-0.1, -0.05) is 24.3 Å². The summed E-state index contributed by atoms with van der Waals surface area (Å²) in [6.07, 6.45) is 5.23. The lowest BCUT2D eigenvalue weighted by atomic mass is 10.1. The van der Waals surface area contributed by atoms with Gasteiger partial charge in [0.15, 0.2) is 0 Å². The molecule has 27 heavy (non-hydrogen) atoms. The predicted octanol–water partition coefficient (Wildman–Crippen LogP) is 2.65. The maximum absolute atomic E-state index is 13.0. The fourth-order valence-electron chi connectivity index (χ4n) is 3.20. The highest BCUT2D eigenvalue weighted by Crippen LogP contribution is 2.23. The van der Waals surface area contributed by atoms with Gasteiger partial charge in [-0.3, -0.25) is 4.98 Å². The van der Waals surface area contributed by atoms with Crippen molar-refractivity contribution in [3.63, 3.8) is 0 Å². The van der Waals surface area contributed by atoms with E-state index in [2.05, 4.69) is 14.9 Å². The second kappa shape index (κ2) is 7.46. The van der Waals surface area contributed by atoms with E-state index in [1.54, 1.807) is 35.0 Å². The van der Waals surface area contributed by atoms with Gasteiger partial charge in [-0.05, 0) is 41.5 Å². The van der Waals surface area contributed by atoms with Crippen LogP contribution in [-0.2, 0) is 10.0 Å². The molecule has 0 amide bonds. The molecule has 0 unspecified atom stereocenters. The molecule has 3 heterocycles. The van der Waals surface area contributed by atoms with Gasteiger partial charge >= 0.3 is 0 Å². The van der Waals surface area contributed by atoms with E-state index in [4.69, 9.17) is 0 Å². The first-order valence-corrected chi connectivity index (χ1v) is 10.3. The number of aromatic nitrogens is 2. The Morgan fingerprint density at radius 2 is 1.56 bits per heavy atom. The summed E-state index contributed by atoms with van der Waals surface area (Å²) in [5.41, 5.74) is 1.91. The van der Waals surface area contributed by atoms with Gasteiger partial charge in [0.05, 0.1) is 4.90 Å². The maximum atomic E-state index is 13.0. The Kier molecular flexibility index (Phi) is 4.87. The van der Waals surface area contributed by atoms with Gasteiger partial charge in [0.25, 0.3) is 0 Å². The highest BCUT2D eigenvalue weighted by molar-refractivity contribution is 7.89. The Hall–Kier alpha value is -2.77. The van der Waals surface area contributed by atoms with Crippen molar-refractivity contribution in [3.05, 3.63) is 73.2 Å². The van der Waals surface area contributed by atoms with E-state index in [1.165, 1.54) is 0 Å². The average Bonchev–Trinajstić information content (AvgIpc) is 2.75. The molecule has 1 aromatic carbocycles. The minimum absolute atomic E-state index is 0.321. The lowest BCUT2D eigenvalue weighted by molar-refractivity contribution is 0.384. The van der Waals surface area contributed by atoms with E-state index in [0.717, 1.165) is 16.9 Å². The summed E-state index contributed by atoms with van der Waals surface area (Å²) in [6, 6.07) is 16.6. The van der Waals surface area contributed by atoms with E-state index in [1.807, 2.05) is 42.5 Å². The summed E-state index contributed by atoms with van der Waals surface area (Å²) >= 11 is 0. The quantitative estimate of drug-likeness (QED) is 0.696. The van der Waals surface area contributed by atoms with Crippen molar-refractivity contribution in [2.75, 3.05) is 31.1 Å². The van der Waals surface area contributed by atoms with Crippen molar-refractivity contribution in [1.82, 2.24) is 14.3 Å². The van der Waals surface area contributed by atoms with E-state index in [9.17, 15) is 8.42 Å². The molecule has 2 aromatic heterocycles. The van der Waals surface area contributed by atoms with Crippen LogP contribution in [0.3, 0.4) is 0 Å². The van der Waals surface area contributed by atoms with Crippen LogP contribution in [0.5, 0.6) is 0 Å². The Labute approximate surface area is 159 Å². The summed E-state index contributed by atoms with van der Waals surface area (Å²) < 4.78 is 27.5. The number of rotatable bonds is 4. The van der Waals surface area contributed by atoms with E-state index in [-0.39, 0.29) is 0 Å². The summed E-state index contributed by atoms with van der Waals surface area (Å²) in [4.78, 5) is 10.9. The number of piperazine rings is 1. The molecule has 1 aliphatic rings. The minimum Gasteiger partial charge on any atom is -0.354 e. The zero-order chi connectivity index (χ0) is 18.7. The highest BCUT2D eigenvalue weighted by atomic mass is 32.2. The van der Waals surface area contributed by atoms with E-state index >= 15 is 0 Å². The Morgan fingerprint density at radius 1 is 0.778 bits per heavy atom. The Balaban J connectivity index is 1.47. The van der Waals surface area contributed by atoms with Gasteiger partial charge < -0.3 is 4.90 Å². The van der Waals surface area contributed by atoms with Crippen molar-refractivity contribution in [1.29, 1.82) is 0 Å². The van der Waals surface area contributed by atoms with Gasteiger partial charge in [0.2, 0.25) is 10.0 Å². The summed E-state index contributed by atoms with van der Waals surface area (Å²) in [5, 5.41) is 0. The van der Waals surface area contributed by atoms with Gasteiger partial charge in [-0.25, -0.2) is 13.4 Å². The number of nitrogens with zero attached hydrogens (tertiary/aromatic N) is 4. The fraction of sp³-hybridized carbons (Fsp3) is 0.200. The van der Waals surface area contributed by atoms with Gasteiger partial charge in [0.1, 0.15) is 5.82 Å². The monoisotopic (exact) mass is 380 g/mol. The molecule has 0 spiro atoms. The van der Waals surface area contributed by atoms with Crippen molar-refractivity contribution in [2.24, 2.45) is 0 Å². The third kappa shape index (κ3) is 3.70.